The molecule has 0 saturated heterocycles. The fourth-order valence-corrected chi connectivity index (χ4v) is 3.44. The molecule has 0 saturated carbocycles. The Morgan fingerprint density at radius 3 is 1.86 bits per heavy atom. The third kappa shape index (κ3) is 14.5. The van der Waals surface area contributed by atoms with Crippen molar-refractivity contribution in [2.24, 2.45) is 0 Å². The van der Waals surface area contributed by atoms with E-state index in [4.69, 9.17) is 0 Å². The van der Waals surface area contributed by atoms with E-state index in [1.165, 1.54) is 19.3 Å². The van der Waals surface area contributed by atoms with Crippen LogP contribution in [0.5, 0.6) is 0 Å². The molecule has 128 valence electrons. The first-order valence-corrected chi connectivity index (χ1v) is 10.0. The van der Waals surface area contributed by atoms with Crippen molar-refractivity contribution in [1.29, 1.82) is 0 Å². The van der Waals surface area contributed by atoms with Crippen LogP contribution in [0.1, 0.15) is 90.9 Å². The van der Waals surface area contributed by atoms with Crippen LogP contribution in [-0.2, 0) is 10.1 Å². The minimum absolute atomic E-state index is 0. The van der Waals surface area contributed by atoms with E-state index < -0.39 is 21.5 Å². The Balaban J connectivity index is 0. The average Bonchev–Trinajstić information content (AvgIpc) is 2.41. The molecular weight excluding hydrogens is 311 g/mol. The summed E-state index contributed by atoms with van der Waals surface area (Å²) in [6.07, 6.45) is 9.84. The number of hydrogen-bond donors (Lipinski definition) is 1. The van der Waals surface area contributed by atoms with Gasteiger partial charge in [-0.25, -0.2) is 8.42 Å². The molecule has 0 heterocycles. The van der Waals surface area contributed by atoms with E-state index >= 15 is 0 Å². The van der Waals surface area contributed by atoms with Crippen molar-refractivity contribution in [3.05, 3.63) is 0 Å². The summed E-state index contributed by atoms with van der Waals surface area (Å²) < 4.78 is 33.7. The van der Waals surface area contributed by atoms with Gasteiger partial charge in [0.1, 0.15) is 0 Å². The molecule has 1 N–H and O–H groups in total. The Hall–Kier alpha value is 0.870. The third-order valence-corrected chi connectivity index (χ3v) is 5.29. The smallest absolute Gasteiger partial charge is 0.748 e. The minimum Gasteiger partial charge on any atom is -0.748 e. The average molecular weight is 344 g/mol. The topological polar surface area (TPSA) is 77.4 Å². The van der Waals surface area contributed by atoms with Gasteiger partial charge in [-0.2, -0.15) is 0 Å². The first-order chi connectivity index (χ1) is 9.91. The summed E-state index contributed by atoms with van der Waals surface area (Å²) in [5.74, 6) is 0. The second-order valence-corrected chi connectivity index (χ2v) is 7.70. The fourth-order valence-electron chi connectivity index (χ4n) is 2.56. The largest absolute Gasteiger partial charge is 1.00 e. The number of hydrogen-bond acceptors (Lipinski definition) is 4. The number of rotatable bonds is 14. The van der Waals surface area contributed by atoms with Crippen LogP contribution in [0.2, 0.25) is 0 Å². The molecule has 0 aliphatic heterocycles. The fraction of sp³-hybridized carbons (Fsp3) is 1.00. The summed E-state index contributed by atoms with van der Waals surface area (Å²) in [7, 11) is -4.23. The van der Waals surface area contributed by atoms with Gasteiger partial charge >= 0.3 is 29.6 Å². The van der Waals surface area contributed by atoms with Crippen molar-refractivity contribution in [2.45, 2.75) is 102 Å². The molecule has 0 rings (SSSR count). The van der Waals surface area contributed by atoms with Crippen LogP contribution >= 0.6 is 0 Å². The summed E-state index contributed by atoms with van der Waals surface area (Å²) in [5.41, 5.74) is 0. The molecule has 0 aromatic rings. The second-order valence-electron chi connectivity index (χ2n) is 6.04. The van der Waals surface area contributed by atoms with Gasteiger partial charge in [0.2, 0.25) is 0 Å². The molecular formula is C16H33NaO4S. The molecule has 0 aliphatic carbocycles. The molecule has 2 unspecified atom stereocenters. The first-order valence-electron chi connectivity index (χ1n) is 8.54. The SMILES string of the molecule is CCCCCCCC(O)CCC(CCCCC)S(=O)(=O)[O-].[Na+]. The van der Waals surface area contributed by atoms with Gasteiger partial charge in [-0.1, -0.05) is 65.2 Å². The van der Waals surface area contributed by atoms with Crippen LogP contribution in [0.25, 0.3) is 0 Å². The molecule has 22 heavy (non-hydrogen) atoms. The first kappa shape index (κ1) is 25.1. The Kier molecular flexibility index (Phi) is 17.6. The van der Waals surface area contributed by atoms with E-state index in [1.54, 1.807) is 0 Å². The van der Waals surface area contributed by atoms with Crippen molar-refractivity contribution in [1.82, 2.24) is 0 Å². The maximum Gasteiger partial charge on any atom is 1.00 e. The Bertz CT molecular complexity index is 333. The zero-order chi connectivity index (χ0) is 16.1. The van der Waals surface area contributed by atoms with Gasteiger partial charge in [0.05, 0.1) is 16.2 Å². The molecule has 0 aliphatic rings. The Morgan fingerprint density at radius 1 is 0.818 bits per heavy atom. The predicted octanol–water partition coefficient (Wildman–Crippen LogP) is 0.986. The molecule has 0 aromatic carbocycles. The number of aliphatic hydroxyl groups is 1. The normalized spacial score (nSPS) is 14.4. The van der Waals surface area contributed by atoms with Crippen LogP contribution in [0.3, 0.4) is 0 Å². The van der Waals surface area contributed by atoms with E-state index in [9.17, 15) is 18.1 Å². The van der Waals surface area contributed by atoms with Gasteiger partial charge in [0.25, 0.3) is 0 Å². The van der Waals surface area contributed by atoms with Crippen molar-refractivity contribution >= 4 is 10.1 Å². The zero-order valence-electron chi connectivity index (χ0n) is 14.7. The van der Waals surface area contributed by atoms with Gasteiger partial charge < -0.3 is 9.66 Å². The molecule has 6 heteroatoms. The quantitative estimate of drug-likeness (QED) is 0.290. The molecule has 0 spiro atoms. The zero-order valence-corrected chi connectivity index (χ0v) is 17.5. The monoisotopic (exact) mass is 344 g/mol. The Labute approximate surface area is 159 Å². The molecule has 0 radical (unpaired) electrons. The van der Waals surface area contributed by atoms with E-state index in [0.717, 1.165) is 32.1 Å². The van der Waals surface area contributed by atoms with Gasteiger partial charge in [-0.15, -0.1) is 0 Å². The number of aliphatic hydroxyl groups excluding tert-OH is 1. The molecule has 0 amide bonds. The van der Waals surface area contributed by atoms with Gasteiger partial charge in [0.15, 0.2) is 0 Å². The maximum atomic E-state index is 11.2. The van der Waals surface area contributed by atoms with Crippen LogP contribution in [0.15, 0.2) is 0 Å². The van der Waals surface area contributed by atoms with Crippen LogP contribution < -0.4 is 29.6 Å². The van der Waals surface area contributed by atoms with Gasteiger partial charge in [-0.05, 0) is 25.7 Å². The van der Waals surface area contributed by atoms with Crippen LogP contribution in [0, 0.1) is 0 Å². The summed E-state index contributed by atoms with van der Waals surface area (Å²) in [4.78, 5) is 0. The molecule has 0 fully saturated rings. The van der Waals surface area contributed by atoms with E-state index in [2.05, 4.69) is 6.92 Å². The summed E-state index contributed by atoms with van der Waals surface area (Å²) in [6.45, 7) is 4.21. The van der Waals surface area contributed by atoms with E-state index in [-0.39, 0.29) is 29.6 Å². The van der Waals surface area contributed by atoms with Gasteiger partial charge in [0, 0.05) is 5.25 Å². The molecule has 4 nitrogen and oxygen atoms in total. The third-order valence-electron chi connectivity index (χ3n) is 4.00. The summed E-state index contributed by atoms with van der Waals surface area (Å²) in [5, 5.41) is 9.07. The van der Waals surface area contributed by atoms with Crippen molar-refractivity contribution in [2.75, 3.05) is 0 Å². The summed E-state index contributed by atoms with van der Waals surface area (Å²) in [6, 6.07) is 0. The second kappa shape index (κ2) is 15.4. The van der Waals surface area contributed by atoms with E-state index in [1.807, 2.05) is 6.92 Å². The molecule has 2 atom stereocenters. The molecule has 0 aromatic heterocycles. The van der Waals surface area contributed by atoms with Crippen molar-refractivity contribution < 1.29 is 47.6 Å². The summed E-state index contributed by atoms with van der Waals surface area (Å²) >= 11 is 0. The van der Waals surface area contributed by atoms with E-state index in [0.29, 0.717) is 25.7 Å². The van der Waals surface area contributed by atoms with Crippen molar-refractivity contribution in [3.8, 4) is 0 Å². The predicted molar refractivity (Wildman–Crippen MR) is 86.2 cm³/mol. The molecule has 0 bridgehead atoms. The maximum absolute atomic E-state index is 11.2. The minimum atomic E-state index is -4.23. The standard InChI is InChI=1S/C16H34O4S.Na/c1-3-5-7-8-10-11-15(17)13-14-16(21(18,19)20)12-9-6-4-2;/h15-17H,3-14H2,1-2H3,(H,18,19,20);/q;+1/p-1. The van der Waals surface area contributed by atoms with Crippen LogP contribution in [-0.4, -0.2) is 29.4 Å². The van der Waals surface area contributed by atoms with Crippen LogP contribution in [0.4, 0.5) is 0 Å². The Morgan fingerprint density at radius 2 is 1.32 bits per heavy atom. The van der Waals surface area contributed by atoms with Crippen molar-refractivity contribution in [3.63, 3.8) is 0 Å². The van der Waals surface area contributed by atoms with Gasteiger partial charge in [-0.3, -0.25) is 0 Å². The number of unbranched alkanes of at least 4 members (excludes halogenated alkanes) is 6.